The molecule has 2 aromatic heterocycles. The third-order valence-corrected chi connectivity index (χ3v) is 3.38. The van der Waals surface area contributed by atoms with Crippen LogP contribution in [-0.4, -0.2) is 25.4 Å². The third-order valence-electron chi connectivity index (χ3n) is 2.95. The molecule has 0 bridgehead atoms. The molecule has 0 saturated heterocycles. The van der Waals surface area contributed by atoms with E-state index in [2.05, 4.69) is 31.4 Å². The van der Waals surface area contributed by atoms with Gasteiger partial charge in [-0.3, -0.25) is 19.3 Å². The maximum Gasteiger partial charge on any atom is 0.269 e. The highest BCUT2D eigenvalue weighted by atomic mass is 79.9. The van der Waals surface area contributed by atoms with Crippen molar-refractivity contribution in [3.63, 3.8) is 0 Å². The molecule has 1 amide bonds. The molecule has 110 valence electrons. The van der Waals surface area contributed by atoms with Crippen LogP contribution in [0.4, 0.5) is 11.4 Å². The molecule has 0 saturated carbocycles. The highest BCUT2D eigenvalue weighted by molar-refractivity contribution is 9.10. The van der Waals surface area contributed by atoms with Gasteiger partial charge < -0.3 is 5.32 Å². The van der Waals surface area contributed by atoms with E-state index in [1.165, 1.54) is 30.6 Å². The van der Waals surface area contributed by atoms with Gasteiger partial charge in [-0.2, -0.15) is 0 Å². The Morgan fingerprint density at radius 1 is 1.32 bits per heavy atom. The zero-order valence-corrected chi connectivity index (χ0v) is 12.5. The van der Waals surface area contributed by atoms with Crippen LogP contribution in [0.15, 0.2) is 47.3 Å². The number of pyridine rings is 1. The monoisotopic (exact) mass is 361 g/mol. The topological polar surface area (TPSA) is 102 Å². The van der Waals surface area contributed by atoms with Crippen LogP contribution in [0.25, 0.3) is 5.65 Å². The zero-order chi connectivity index (χ0) is 15.7. The molecule has 0 spiro atoms. The van der Waals surface area contributed by atoms with Gasteiger partial charge in [-0.25, -0.2) is 0 Å². The Labute approximate surface area is 132 Å². The number of nitrogens with one attached hydrogen (secondary N) is 1. The van der Waals surface area contributed by atoms with Crippen LogP contribution in [0, 0.1) is 10.1 Å². The molecule has 0 aliphatic rings. The molecule has 8 nitrogen and oxygen atoms in total. The molecule has 3 rings (SSSR count). The summed E-state index contributed by atoms with van der Waals surface area (Å²) in [5.74, 6) is -0.391. The number of benzene rings is 1. The van der Waals surface area contributed by atoms with Gasteiger partial charge in [0.25, 0.3) is 11.6 Å². The fraction of sp³-hybridized carbons (Fsp3) is 0. The van der Waals surface area contributed by atoms with Gasteiger partial charge in [0.1, 0.15) is 6.33 Å². The molecule has 1 aromatic carbocycles. The molecule has 0 atom stereocenters. The summed E-state index contributed by atoms with van der Waals surface area (Å²) in [4.78, 5) is 22.3. The standard InChI is InChI=1S/C13H8BrN5O3/c14-9-5-11(12-17-15-7-18(12)6-9)16-13(20)8-1-3-10(4-2-8)19(21)22/h1-7H,(H,16,20). The minimum atomic E-state index is -0.518. The number of amides is 1. The summed E-state index contributed by atoms with van der Waals surface area (Å²) >= 11 is 3.34. The van der Waals surface area contributed by atoms with Crippen molar-refractivity contribution in [3.05, 3.63) is 63.0 Å². The SMILES string of the molecule is O=C(Nc1cc(Br)cn2cnnc12)c1ccc([N+](=O)[O-])cc1. The maximum absolute atomic E-state index is 12.2. The number of carbonyl (C=O) groups excluding carboxylic acids is 1. The molecule has 2 heterocycles. The van der Waals surface area contributed by atoms with E-state index in [4.69, 9.17) is 0 Å². The van der Waals surface area contributed by atoms with Crippen molar-refractivity contribution in [1.82, 2.24) is 14.6 Å². The number of aromatic nitrogens is 3. The average Bonchev–Trinajstić information content (AvgIpc) is 2.95. The summed E-state index contributed by atoms with van der Waals surface area (Å²) in [6.45, 7) is 0. The van der Waals surface area contributed by atoms with Gasteiger partial charge in [-0.05, 0) is 34.1 Å². The van der Waals surface area contributed by atoms with E-state index in [0.29, 0.717) is 16.9 Å². The summed E-state index contributed by atoms with van der Waals surface area (Å²) in [7, 11) is 0. The zero-order valence-electron chi connectivity index (χ0n) is 10.9. The number of anilines is 1. The Hall–Kier alpha value is -2.81. The second-order valence-corrected chi connectivity index (χ2v) is 5.31. The lowest BCUT2D eigenvalue weighted by atomic mass is 10.2. The molecule has 0 aliphatic carbocycles. The number of rotatable bonds is 3. The molecule has 9 heteroatoms. The van der Waals surface area contributed by atoms with Crippen LogP contribution in [0.2, 0.25) is 0 Å². The molecule has 0 unspecified atom stereocenters. The first-order valence-electron chi connectivity index (χ1n) is 6.09. The van der Waals surface area contributed by atoms with Crippen molar-refractivity contribution >= 4 is 38.9 Å². The highest BCUT2D eigenvalue weighted by Crippen LogP contribution is 2.21. The lowest BCUT2D eigenvalue weighted by Gasteiger charge is -2.07. The number of carbonyl (C=O) groups is 1. The summed E-state index contributed by atoms with van der Waals surface area (Å²) < 4.78 is 2.41. The first-order chi connectivity index (χ1) is 10.5. The van der Waals surface area contributed by atoms with Crippen molar-refractivity contribution < 1.29 is 9.72 Å². The summed E-state index contributed by atoms with van der Waals surface area (Å²) in [6.07, 6.45) is 3.28. The second-order valence-electron chi connectivity index (χ2n) is 4.39. The van der Waals surface area contributed by atoms with Crippen LogP contribution in [0.5, 0.6) is 0 Å². The summed E-state index contributed by atoms with van der Waals surface area (Å²) in [5.41, 5.74) is 1.22. The maximum atomic E-state index is 12.2. The van der Waals surface area contributed by atoms with Crippen LogP contribution < -0.4 is 5.32 Å². The van der Waals surface area contributed by atoms with E-state index < -0.39 is 10.8 Å². The quantitative estimate of drug-likeness (QED) is 0.570. The van der Waals surface area contributed by atoms with Crippen LogP contribution >= 0.6 is 15.9 Å². The van der Waals surface area contributed by atoms with Crippen LogP contribution in [0.1, 0.15) is 10.4 Å². The number of fused-ring (bicyclic) bond motifs is 1. The number of nitro groups is 1. The number of halogens is 1. The van der Waals surface area contributed by atoms with Crippen molar-refractivity contribution in [3.8, 4) is 0 Å². The minimum Gasteiger partial charge on any atom is -0.319 e. The fourth-order valence-electron chi connectivity index (χ4n) is 1.92. The number of hydrogen-bond acceptors (Lipinski definition) is 5. The van der Waals surface area contributed by atoms with E-state index in [-0.39, 0.29) is 5.69 Å². The molecule has 22 heavy (non-hydrogen) atoms. The third kappa shape index (κ3) is 2.66. The Kier molecular flexibility index (Phi) is 3.55. The molecule has 3 aromatic rings. The van der Waals surface area contributed by atoms with Crippen LogP contribution in [0.3, 0.4) is 0 Å². The minimum absolute atomic E-state index is 0.0705. The summed E-state index contributed by atoms with van der Waals surface area (Å²) in [6, 6.07) is 7.05. The molecule has 0 fully saturated rings. The second kappa shape index (κ2) is 5.53. The number of nitro benzene ring substituents is 1. The van der Waals surface area contributed by atoms with Crippen LogP contribution in [-0.2, 0) is 0 Å². The van der Waals surface area contributed by atoms with Gasteiger partial charge in [0.15, 0.2) is 5.65 Å². The van der Waals surface area contributed by atoms with E-state index in [1.807, 2.05) is 0 Å². The van der Waals surface area contributed by atoms with Gasteiger partial charge >= 0.3 is 0 Å². The van der Waals surface area contributed by atoms with Crippen molar-refractivity contribution in [2.75, 3.05) is 5.32 Å². The van der Waals surface area contributed by atoms with Gasteiger partial charge in [0, 0.05) is 28.4 Å². The Morgan fingerprint density at radius 2 is 2.05 bits per heavy atom. The molecule has 0 aliphatic heterocycles. The van der Waals surface area contributed by atoms with Gasteiger partial charge in [-0.1, -0.05) is 0 Å². The number of nitrogens with zero attached hydrogens (tertiary/aromatic N) is 4. The number of hydrogen-bond donors (Lipinski definition) is 1. The van der Waals surface area contributed by atoms with E-state index in [9.17, 15) is 14.9 Å². The molecular formula is C13H8BrN5O3. The normalized spacial score (nSPS) is 10.6. The molecule has 1 N–H and O–H groups in total. The predicted octanol–water partition coefficient (Wildman–Crippen LogP) is 2.65. The summed E-state index contributed by atoms with van der Waals surface area (Å²) in [5, 5.41) is 21.0. The lowest BCUT2D eigenvalue weighted by molar-refractivity contribution is -0.384. The van der Waals surface area contributed by atoms with Gasteiger partial charge in [-0.15, -0.1) is 10.2 Å². The van der Waals surface area contributed by atoms with E-state index >= 15 is 0 Å². The van der Waals surface area contributed by atoms with E-state index in [0.717, 1.165) is 4.47 Å². The Bertz CT molecular complexity index is 875. The highest BCUT2D eigenvalue weighted by Gasteiger charge is 2.12. The van der Waals surface area contributed by atoms with Crippen molar-refractivity contribution in [1.29, 1.82) is 0 Å². The molecule has 0 radical (unpaired) electrons. The fourth-order valence-corrected chi connectivity index (χ4v) is 2.37. The van der Waals surface area contributed by atoms with Crippen molar-refractivity contribution in [2.45, 2.75) is 0 Å². The van der Waals surface area contributed by atoms with Gasteiger partial charge in [0.05, 0.1) is 10.6 Å². The lowest BCUT2D eigenvalue weighted by Crippen LogP contribution is -2.12. The smallest absolute Gasteiger partial charge is 0.269 e. The van der Waals surface area contributed by atoms with E-state index in [1.54, 1.807) is 16.7 Å². The Balaban J connectivity index is 1.89. The number of non-ortho nitro benzene ring substituents is 1. The largest absolute Gasteiger partial charge is 0.319 e. The first kappa shape index (κ1) is 14.1. The van der Waals surface area contributed by atoms with Gasteiger partial charge in [0.2, 0.25) is 0 Å². The predicted molar refractivity (Wildman–Crippen MR) is 81.7 cm³/mol. The first-order valence-corrected chi connectivity index (χ1v) is 6.88. The molecular weight excluding hydrogens is 354 g/mol. The average molecular weight is 362 g/mol. The van der Waals surface area contributed by atoms with Crippen molar-refractivity contribution in [2.24, 2.45) is 0 Å². The Morgan fingerprint density at radius 3 is 2.73 bits per heavy atom.